The summed E-state index contributed by atoms with van der Waals surface area (Å²) >= 11 is 3.75. The summed E-state index contributed by atoms with van der Waals surface area (Å²) in [7, 11) is 0. The predicted molar refractivity (Wildman–Crippen MR) is 46.5 cm³/mol. The predicted octanol–water partition coefficient (Wildman–Crippen LogP) is 1.92. The van der Waals surface area contributed by atoms with Crippen molar-refractivity contribution in [2.24, 2.45) is 0 Å². The van der Waals surface area contributed by atoms with Crippen LogP contribution in [0, 0.1) is 0 Å². The van der Waals surface area contributed by atoms with Crippen LogP contribution in [0.4, 0.5) is 0 Å². The number of ketones is 1. The van der Waals surface area contributed by atoms with Crippen LogP contribution in [0.3, 0.4) is 0 Å². The lowest BCUT2D eigenvalue weighted by Crippen LogP contribution is -2.43. The number of carbonyl (C=O) groups is 1. The van der Waals surface area contributed by atoms with E-state index in [0.717, 1.165) is 12.8 Å². The van der Waals surface area contributed by atoms with Gasteiger partial charge in [-0.05, 0) is 24.3 Å². The first-order chi connectivity index (χ1) is 4.83. The Morgan fingerprint density at radius 2 is 2.00 bits per heavy atom. The Kier molecular flexibility index (Phi) is 1.73. The van der Waals surface area contributed by atoms with Gasteiger partial charge in [-0.2, -0.15) is 0 Å². The molecule has 1 saturated carbocycles. The first-order valence-corrected chi connectivity index (χ1v) is 5.62. The summed E-state index contributed by atoms with van der Waals surface area (Å²) in [5.41, 5.74) is 0. The molecule has 0 aromatic heterocycles. The standard InChI is InChI=1S/C7H10OS2/c8-6-2-3-7(6)9-4-1-5-10-7/h1-5H2. The van der Waals surface area contributed by atoms with E-state index >= 15 is 0 Å². The lowest BCUT2D eigenvalue weighted by molar-refractivity contribution is -0.123. The number of carbonyl (C=O) groups excluding carboxylic acids is 1. The highest BCUT2D eigenvalue weighted by molar-refractivity contribution is 8.20. The van der Waals surface area contributed by atoms with E-state index in [0.29, 0.717) is 5.78 Å². The first kappa shape index (κ1) is 7.04. The lowest BCUT2D eigenvalue weighted by Gasteiger charge is -2.41. The topological polar surface area (TPSA) is 17.1 Å². The fourth-order valence-electron chi connectivity index (χ4n) is 1.31. The Balaban J connectivity index is 2.06. The van der Waals surface area contributed by atoms with Crippen LogP contribution in [0.15, 0.2) is 0 Å². The molecule has 2 fully saturated rings. The molecule has 1 saturated heterocycles. The van der Waals surface area contributed by atoms with Crippen LogP contribution in [0.5, 0.6) is 0 Å². The Hall–Kier alpha value is 0.370. The van der Waals surface area contributed by atoms with Gasteiger partial charge in [0.2, 0.25) is 0 Å². The number of hydrogen-bond acceptors (Lipinski definition) is 3. The summed E-state index contributed by atoms with van der Waals surface area (Å²) in [6.07, 6.45) is 3.24. The third kappa shape index (κ3) is 0.909. The third-order valence-electron chi connectivity index (χ3n) is 2.07. The van der Waals surface area contributed by atoms with Gasteiger partial charge >= 0.3 is 0 Å². The van der Waals surface area contributed by atoms with Crippen LogP contribution in [-0.4, -0.2) is 21.4 Å². The van der Waals surface area contributed by atoms with Gasteiger partial charge in [0.1, 0.15) is 4.08 Å². The van der Waals surface area contributed by atoms with E-state index in [1.165, 1.54) is 17.9 Å². The van der Waals surface area contributed by atoms with Crippen LogP contribution in [0.1, 0.15) is 19.3 Å². The van der Waals surface area contributed by atoms with Gasteiger partial charge in [-0.25, -0.2) is 0 Å². The second-order valence-electron chi connectivity index (χ2n) is 2.73. The van der Waals surface area contributed by atoms with Crippen molar-refractivity contribution in [3.63, 3.8) is 0 Å². The third-order valence-corrected chi connectivity index (χ3v) is 5.55. The normalized spacial score (nSPS) is 30.2. The minimum atomic E-state index is 0.0538. The quantitative estimate of drug-likeness (QED) is 0.558. The molecule has 2 aliphatic rings. The van der Waals surface area contributed by atoms with Gasteiger partial charge < -0.3 is 0 Å². The molecule has 0 radical (unpaired) electrons. The van der Waals surface area contributed by atoms with Gasteiger partial charge in [-0.15, -0.1) is 23.5 Å². The van der Waals surface area contributed by atoms with Crippen LogP contribution in [0.25, 0.3) is 0 Å². The largest absolute Gasteiger partial charge is 0.297 e. The van der Waals surface area contributed by atoms with E-state index < -0.39 is 0 Å². The van der Waals surface area contributed by atoms with Gasteiger partial charge in [0.15, 0.2) is 5.78 Å². The fraction of sp³-hybridized carbons (Fsp3) is 0.857. The molecule has 1 nitrogen and oxygen atoms in total. The SMILES string of the molecule is O=C1CCC12SCCCS2. The highest BCUT2D eigenvalue weighted by atomic mass is 32.2. The number of Topliss-reactive ketones (excluding diaryl/α,β-unsaturated/α-hetero) is 1. The average Bonchev–Trinajstić information content (AvgIpc) is 2.04. The molecule has 0 aromatic carbocycles. The molecule has 0 N–H and O–H groups in total. The van der Waals surface area contributed by atoms with Crippen molar-refractivity contribution in [2.45, 2.75) is 23.3 Å². The van der Waals surface area contributed by atoms with E-state index in [9.17, 15) is 4.79 Å². The zero-order valence-electron chi connectivity index (χ0n) is 5.76. The summed E-state index contributed by atoms with van der Waals surface area (Å²) in [6.45, 7) is 0. The maximum absolute atomic E-state index is 11.2. The number of rotatable bonds is 0. The fourth-order valence-corrected chi connectivity index (χ4v) is 4.58. The van der Waals surface area contributed by atoms with E-state index in [4.69, 9.17) is 0 Å². The summed E-state index contributed by atoms with van der Waals surface area (Å²) < 4.78 is 0.0538. The maximum atomic E-state index is 11.2. The van der Waals surface area contributed by atoms with Gasteiger partial charge in [0, 0.05) is 6.42 Å². The molecular formula is C7H10OS2. The van der Waals surface area contributed by atoms with E-state index in [2.05, 4.69) is 0 Å². The zero-order chi connectivity index (χ0) is 7.03. The minimum absolute atomic E-state index is 0.0538. The average molecular weight is 174 g/mol. The maximum Gasteiger partial charge on any atom is 0.159 e. The summed E-state index contributed by atoms with van der Waals surface area (Å²) in [4.78, 5) is 11.2. The molecule has 0 atom stereocenters. The van der Waals surface area contributed by atoms with Crippen molar-refractivity contribution in [3.05, 3.63) is 0 Å². The molecular weight excluding hydrogens is 164 g/mol. The van der Waals surface area contributed by atoms with Gasteiger partial charge in [-0.3, -0.25) is 4.79 Å². The molecule has 1 aliphatic carbocycles. The van der Waals surface area contributed by atoms with Crippen molar-refractivity contribution < 1.29 is 4.79 Å². The van der Waals surface area contributed by atoms with Crippen LogP contribution in [-0.2, 0) is 4.79 Å². The zero-order valence-corrected chi connectivity index (χ0v) is 7.39. The van der Waals surface area contributed by atoms with Crippen molar-refractivity contribution in [1.29, 1.82) is 0 Å². The smallest absolute Gasteiger partial charge is 0.159 e. The number of thioether (sulfide) groups is 2. The van der Waals surface area contributed by atoms with Crippen molar-refractivity contribution in [2.75, 3.05) is 11.5 Å². The minimum Gasteiger partial charge on any atom is -0.297 e. The Morgan fingerprint density at radius 1 is 1.30 bits per heavy atom. The molecule has 0 amide bonds. The molecule has 3 heteroatoms. The highest BCUT2D eigenvalue weighted by Crippen LogP contribution is 2.52. The van der Waals surface area contributed by atoms with Crippen LogP contribution >= 0.6 is 23.5 Å². The molecule has 10 heavy (non-hydrogen) atoms. The molecule has 2 rings (SSSR count). The second-order valence-corrected chi connectivity index (χ2v) is 5.77. The van der Waals surface area contributed by atoms with Gasteiger partial charge in [-0.1, -0.05) is 0 Å². The molecule has 0 bridgehead atoms. The van der Waals surface area contributed by atoms with E-state index in [1.54, 1.807) is 0 Å². The van der Waals surface area contributed by atoms with Crippen molar-refractivity contribution in [3.8, 4) is 0 Å². The summed E-state index contributed by atoms with van der Waals surface area (Å²) in [5.74, 6) is 2.87. The molecule has 1 aliphatic heterocycles. The monoisotopic (exact) mass is 174 g/mol. The molecule has 0 aromatic rings. The Morgan fingerprint density at radius 3 is 2.30 bits per heavy atom. The highest BCUT2D eigenvalue weighted by Gasteiger charge is 2.47. The number of hydrogen-bond donors (Lipinski definition) is 0. The van der Waals surface area contributed by atoms with Crippen LogP contribution < -0.4 is 0 Å². The summed E-state index contributed by atoms with van der Waals surface area (Å²) in [6, 6.07) is 0. The van der Waals surface area contributed by atoms with E-state index in [1.807, 2.05) is 23.5 Å². The molecule has 56 valence electrons. The first-order valence-electron chi connectivity index (χ1n) is 3.65. The molecule has 0 unspecified atom stereocenters. The lowest BCUT2D eigenvalue weighted by atomic mass is 9.97. The molecule has 1 spiro atoms. The van der Waals surface area contributed by atoms with Gasteiger partial charge in [0.05, 0.1) is 0 Å². The van der Waals surface area contributed by atoms with Gasteiger partial charge in [0.25, 0.3) is 0 Å². The Labute approximate surface area is 69.3 Å². The van der Waals surface area contributed by atoms with E-state index in [-0.39, 0.29) is 4.08 Å². The van der Waals surface area contributed by atoms with Crippen molar-refractivity contribution >= 4 is 29.3 Å². The van der Waals surface area contributed by atoms with Crippen molar-refractivity contribution in [1.82, 2.24) is 0 Å². The Bertz CT molecular complexity index is 161. The van der Waals surface area contributed by atoms with Crippen LogP contribution in [0.2, 0.25) is 0 Å². The molecule has 1 heterocycles. The second kappa shape index (κ2) is 2.45. The summed E-state index contributed by atoms with van der Waals surface area (Å²) in [5, 5.41) is 0.